The Kier molecular flexibility index (Phi) is 3.94. The van der Waals surface area contributed by atoms with Gasteiger partial charge in [0.15, 0.2) is 4.88 Å². The Morgan fingerprint density at radius 2 is 2.20 bits per heavy atom. The summed E-state index contributed by atoms with van der Waals surface area (Å²) in [7, 11) is 0. The van der Waals surface area contributed by atoms with E-state index in [4.69, 9.17) is 9.84 Å². The summed E-state index contributed by atoms with van der Waals surface area (Å²) in [6.07, 6.45) is 0. The fourth-order valence-corrected chi connectivity index (χ4v) is 2.21. The highest BCUT2D eigenvalue weighted by Gasteiger charge is 2.18. The lowest BCUT2D eigenvalue weighted by atomic mass is 10.2. The maximum absolute atomic E-state index is 13.8. The molecule has 0 atom stereocenters. The summed E-state index contributed by atoms with van der Waals surface area (Å²) in [5.74, 6) is -2.02. The molecule has 1 heterocycles. The molecule has 0 aliphatic heterocycles. The van der Waals surface area contributed by atoms with Gasteiger partial charge in [-0.1, -0.05) is 12.1 Å². The molecular formula is C12H8FNO5S. The zero-order valence-electron chi connectivity index (χ0n) is 9.91. The van der Waals surface area contributed by atoms with Gasteiger partial charge in [-0.05, 0) is 11.4 Å². The van der Waals surface area contributed by atoms with Crippen LogP contribution < -0.4 is 4.74 Å². The highest BCUT2D eigenvalue weighted by molar-refractivity contribution is 7.12. The van der Waals surface area contributed by atoms with Gasteiger partial charge in [0, 0.05) is 11.6 Å². The average molecular weight is 297 g/mol. The third kappa shape index (κ3) is 2.75. The minimum atomic E-state index is -1.14. The van der Waals surface area contributed by atoms with Crippen LogP contribution in [-0.2, 0) is 6.61 Å². The number of benzene rings is 1. The van der Waals surface area contributed by atoms with Gasteiger partial charge in [0.05, 0.1) is 4.92 Å². The minimum absolute atomic E-state index is 0.00385. The fraction of sp³-hybridized carbons (Fsp3) is 0.0833. The molecule has 0 unspecified atom stereocenters. The molecule has 0 spiro atoms. The minimum Gasteiger partial charge on any atom is -0.487 e. The number of ether oxygens (including phenoxy) is 1. The van der Waals surface area contributed by atoms with Crippen LogP contribution in [0.4, 0.5) is 10.1 Å². The van der Waals surface area contributed by atoms with E-state index >= 15 is 0 Å². The molecule has 0 saturated carbocycles. The number of hydrogen-bond acceptors (Lipinski definition) is 5. The molecule has 0 fully saturated rings. The molecule has 1 aromatic carbocycles. The quantitative estimate of drug-likeness (QED) is 0.676. The van der Waals surface area contributed by atoms with Crippen LogP contribution >= 0.6 is 11.3 Å². The second-order valence-corrected chi connectivity index (χ2v) is 4.63. The number of thiophene rings is 1. The lowest BCUT2D eigenvalue weighted by molar-refractivity contribution is -0.387. The topological polar surface area (TPSA) is 89.7 Å². The SMILES string of the molecule is O=C(O)c1sccc1OCc1cccc([N+](=O)[O-])c1F. The van der Waals surface area contributed by atoms with Gasteiger partial charge in [-0.15, -0.1) is 11.3 Å². The van der Waals surface area contributed by atoms with Crippen LogP contribution in [0.1, 0.15) is 15.2 Å². The Labute approximate surface area is 116 Å². The number of hydrogen-bond donors (Lipinski definition) is 1. The standard InChI is InChI=1S/C12H8FNO5S/c13-10-7(2-1-3-8(10)14(17)18)6-19-9-4-5-20-11(9)12(15)16/h1-5H,6H2,(H,15,16). The number of halogens is 1. The Balaban J connectivity index is 2.19. The Morgan fingerprint density at radius 1 is 1.45 bits per heavy atom. The first kappa shape index (κ1) is 13.9. The number of carbonyl (C=O) groups is 1. The van der Waals surface area contributed by atoms with Crippen LogP contribution in [0.5, 0.6) is 5.75 Å². The normalized spacial score (nSPS) is 10.2. The summed E-state index contributed by atoms with van der Waals surface area (Å²) in [5, 5.41) is 21.0. The van der Waals surface area contributed by atoms with Crippen molar-refractivity contribution in [2.75, 3.05) is 0 Å². The number of aromatic carboxylic acids is 1. The summed E-state index contributed by atoms with van der Waals surface area (Å²) in [5.41, 5.74) is -0.656. The van der Waals surface area contributed by atoms with Crippen molar-refractivity contribution in [3.63, 3.8) is 0 Å². The van der Waals surface area contributed by atoms with E-state index in [0.717, 1.165) is 17.4 Å². The molecule has 2 rings (SSSR count). The fourth-order valence-electron chi connectivity index (χ4n) is 1.54. The van der Waals surface area contributed by atoms with E-state index in [1.54, 1.807) is 0 Å². The second-order valence-electron chi connectivity index (χ2n) is 3.72. The van der Waals surface area contributed by atoms with Crippen molar-refractivity contribution in [2.24, 2.45) is 0 Å². The molecule has 0 aliphatic rings. The number of nitro groups is 1. The third-order valence-electron chi connectivity index (χ3n) is 2.46. The third-order valence-corrected chi connectivity index (χ3v) is 3.35. The Morgan fingerprint density at radius 3 is 2.85 bits per heavy atom. The van der Waals surface area contributed by atoms with Gasteiger partial charge in [0.2, 0.25) is 5.82 Å². The molecule has 1 N–H and O–H groups in total. The van der Waals surface area contributed by atoms with Gasteiger partial charge in [0.1, 0.15) is 12.4 Å². The van der Waals surface area contributed by atoms with Gasteiger partial charge in [-0.3, -0.25) is 10.1 Å². The van der Waals surface area contributed by atoms with Gasteiger partial charge in [-0.2, -0.15) is 4.39 Å². The number of nitrogens with zero attached hydrogens (tertiary/aromatic N) is 1. The largest absolute Gasteiger partial charge is 0.487 e. The lowest BCUT2D eigenvalue weighted by Crippen LogP contribution is -2.03. The number of carboxylic acids is 1. The summed E-state index contributed by atoms with van der Waals surface area (Å²) < 4.78 is 19.0. The van der Waals surface area contributed by atoms with E-state index < -0.39 is 22.4 Å². The van der Waals surface area contributed by atoms with E-state index in [1.807, 2.05) is 0 Å². The summed E-state index contributed by atoms with van der Waals surface area (Å²) >= 11 is 0.979. The maximum Gasteiger partial charge on any atom is 0.349 e. The summed E-state index contributed by atoms with van der Waals surface area (Å²) in [6.45, 7) is -0.287. The first-order chi connectivity index (χ1) is 9.50. The molecule has 6 nitrogen and oxygen atoms in total. The van der Waals surface area contributed by atoms with Gasteiger partial charge >= 0.3 is 11.7 Å². The van der Waals surface area contributed by atoms with Gasteiger partial charge < -0.3 is 9.84 Å². The average Bonchev–Trinajstić information content (AvgIpc) is 2.85. The van der Waals surface area contributed by atoms with E-state index in [1.165, 1.54) is 23.6 Å². The number of nitro benzene ring substituents is 1. The van der Waals surface area contributed by atoms with Crippen LogP contribution in [0.25, 0.3) is 0 Å². The van der Waals surface area contributed by atoms with Crippen molar-refractivity contribution in [1.82, 2.24) is 0 Å². The highest BCUT2D eigenvalue weighted by Crippen LogP contribution is 2.27. The molecule has 0 radical (unpaired) electrons. The zero-order valence-corrected chi connectivity index (χ0v) is 10.7. The van der Waals surface area contributed by atoms with E-state index in [0.29, 0.717) is 0 Å². The molecular weight excluding hydrogens is 289 g/mol. The van der Waals surface area contributed by atoms with Crippen molar-refractivity contribution < 1.29 is 24.0 Å². The summed E-state index contributed by atoms with van der Waals surface area (Å²) in [4.78, 5) is 20.6. The molecule has 0 saturated heterocycles. The molecule has 0 amide bonds. The summed E-state index contributed by atoms with van der Waals surface area (Å²) in [6, 6.07) is 5.18. The maximum atomic E-state index is 13.8. The predicted octanol–water partition coefficient (Wildman–Crippen LogP) is 3.07. The van der Waals surface area contributed by atoms with Crippen LogP contribution in [0, 0.1) is 15.9 Å². The zero-order chi connectivity index (χ0) is 14.7. The number of carboxylic acid groups (broad SMARTS) is 1. The van der Waals surface area contributed by atoms with E-state index in [9.17, 15) is 19.3 Å². The molecule has 1 aromatic heterocycles. The monoisotopic (exact) mass is 297 g/mol. The number of rotatable bonds is 5. The van der Waals surface area contributed by atoms with Crippen molar-refractivity contribution in [2.45, 2.75) is 6.61 Å². The second kappa shape index (κ2) is 5.66. The smallest absolute Gasteiger partial charge is 0.349 e. The van der Waals surface area contributed by atoms with Gasteiger partial charge in [0.25, 0.3) is 0 Å². The van der Waals surface area contributed by atoms with Crippen LogP contribution in [0.15, 0.2) is 29.6 Å². The molecule has 2 aromatic rings. The molecule has 0 aliphatic carbocycles. The van der Waals surface area contributed by atoms with E-state index in [-0.39, 0.29) is 22.8 Å². The van der Waals surface area contributed by atoms with Gasteiger partial charge in [-0.25, -0.2) is 4.79 Å². The molecule has 20 heavy (non-hydrogen) atoms. The Hall–Kier alpha value is -2.48. The first-order valence-corrected chi connectivity index (χ1v) is 6.24. The van der Waals surface area contributed by atoms with Crippen molar-refractivity contribution in [3.8, 4) is 5.75 Å². The predicted molar refractivity (Wildman–Crippen MR) is 68.7 cm³/mol. The molecule has 0 bridgehead atoms. The first-order valence-electron chi connectivity index (χ1n) is 5.36. The van der Waals surface area contributed by atoms with Crippen LogP contribution in [0.2, 0.25) is 0 Å². The van der Waals surface area contributed by atoms with E-state index in [2.05, 4.69) is 0 Å². The van der Waals surface area contributed by atoms with Crippen molar-refractivity contribution >= 4 is 23.0 Å². The molecule has 8 heteroatoms. The Bertz CT molecular complexity index is 670. The lowest BCUT2D eigenvalue weighted by Gasteiger charge is -2.06. The van der Waals surface area contributed by atoms with Crippen LogP contribution in [0.3, 0.4) is 0 Å². The van der Waals surface area contributed by atoms with Crippen molar-refractivity contribution in [1.29, 1.82) is 0 Å². The highest BCUT2D eigenvalue weighted by atomic mass is 32.1. The van der Waals surface area contributed by atoms with Crippen molar-refractivity contribution in [3.05, 3.63) is 56.0 Å². The molecule has 104 valence electrons. The van der Waals surface area contributed by atoms with Crippen LogP contribution in [-0.4, -0.2) is 16.0 Å².